The van der Waals surface area contributed by atoms with Crippen molar-refractivity contribution in [3.8, 4) is 0 Å². The summed E-state index contributed by atoms with van der Waals surface area (Å²) in [5.41, 5.74) is 4.61. The van der Waals surface area contributed by atoms with Crippen molar-refractivity contribution in [3.63, 3.8) is 0 Å². The Morgan fingerprint density at radius 2 is 2.10 bits per heavy atom. The smallest absolute Gasteiger partial charge is 0.336 e. The molecular weight excluding hydrogens is 302 g/mol. The zero-order valence-electron chi connectivity index (χ0n) is 12.1. The number of thioether (sulfide) groups is 1. The van der Waals surface area contributed by atoms with E-state index in [0.29, 0.717) is 5.58 Å². The summed E-state index contributed by atoms with van der Waals surface area (Å²) in [6.07, 6.45) is 0. The van der Waals surface area contributed by atoms with Gasteiger partial charge in [-0.2, -0.15) is 0 Å². The molecule has 5 heteroatoms. The second-order valence-electron chi connectivity index (χ2n) is 5.02. The van der Waals surface area contributed by atoms with Gasteiger partial charge in [0.25, 0.3) is 0 Å². The molecule has 0 aliphatic rings. The van der Waals surface area contributed by atoms with Gasteiger partial charge < -0.3 is 4.42 Å². The first kappa shape index (κ1) is 14.4. The molecule has 0 aliphatic carbocycles. The van der Waals surface area contributed by atoms with Crippen molar-refractivity contribution in [3.05, 3.63) is 56.4 Å². The van der Waals surface area contributed by atoms with E-state index in [2.05, 4.69) is 11.1 Å². The summed E-state index contributed by atoms with van der Waals surface area (Å²) in [5.74, 6) is 0.720. The van der Waals surface area contributed by atoms with Crippen LogP contribution in [0.3, 0.4) is 0 Å². The minimum absolute atomic E-state index is 0.290. The highest BCUT2D eigenvalue weighted by molar-refractivity contribution is 8.00. The van der Waals surface area contributed by atoms with Crippen molar-refractivity contribution in [2.75, 3.05) is 0 Å². The Labute approximate surface area is 131 Å². The number of aromatic nitrogens is 1. The highest BCUT2D eigenvalue weighted by Gasteiger charge is 2.10. The summed E-state index contributed by atoms with van der Waals surface area (Å²) in [5, 5.41) is 3.05. The van der Waals surface area contributed by atoms with E-state index in [1.165, 1.54) is 0 Å². The molecule has 0 fully saturated rings. The molecule has 0 saturated carbocycles. The van der Waals surface area contributed by atoms with E-state index in [1.807, 2.05) is 32.2 Å². The van der Waals surface area contributed by atoms with Gasteiger partial charge in [-0.05, 0) is 37.5 Å². The van der Waals surface area contributed by atoms with Gasteiger partial charge in [-0.1, -0.05) is 23.9 Å². The molecule has 21 heavy (non-hydrogen) atoms. The number of hydrogen-bond donors (Lipinski definition) is 0. The maximum atomic E-state index is 11.8. The summed E-state index contributed by atoms with van der Waals surface area (Å²) in [6.45, 7) is 6.00. The van der Waals surface area contributed by atoms with E-state index in [-0.39, 0.29) is 5.63 Å². The third-order valence-electron chi connectivity index (χ3n) is 3.47. The van der Waals surface area contributed by atoms with Gasteiger partial charge in [-0.25, -0.2) is 9.78 Å². The number of aryl methyl sites for hydroxylation is 3. The van der Waals surface area contributed by atoms with Gasteiger partial charge in [0.1, 0.15) is 9.92 Å². The van der Waals surface area contributed by atoms with Crippen LogP contribution in [0.4, 0.5) is 0 Å². The number of hydrogen-bond acceptors (Lipinski definition) is 5. The molecule has 0 bridgehead atoms. The Hall–Kier alpha value is -1.59. The second kappa shape index (κ2) is 5.66. The first-order valence-corrected chi connectivity index (χ1v) is 8.49. The second-order valence-corrected chi connectivity index (χ2v) is 7.10. The highest BCUT2D eigenvalue weighted by atomic mass is 32.2. The van der Waals surface area contributed by atoms with Crippen LogP contribution in [-0.2, 0) is 5.75 Å². The third-order valence-corrected chi connectivity index (χ3v) is 5.65. The van der Waals surface area contributed by atoms with Crippen LogP contribution in [0.15, 0.2) is 37.1 Å². The fourth-order valence-corrected chi connectivity index (χ4v) is 4.02. The molecule has 1 aromatic carbocycles. The summed E-state index contributed by atoms with van der Waals surface area (Å²) in [4.78, 5) is 16.2. The summed E-state index contributed by atoms with van der Waals surface area (Å²) in [6, 6.07) is 5.69. The fourth-order valence-electron chi connectivity index (χ4n) is 2.18. The number of nitrogens with zero attached hydrogens (tertiary/aromatic N) is 1. The van der Waals surface area contributed by atoms with Gasteiger partial charge in [0.2, 0.25) is 0 Å². The summed E-state index contributed by atoms with van der Waals surface area (Å²) < 4.78 is 6.42. The molecule has 3 rings (SSSR count). The minimum Gasteiger partial charge on any atom is -0.422 e. The number of fused-ring (bicyclic) bond motifs is 1. The average molecular weight is 317 g/mol. The van der Waals surface area contributed by atoms with Crippen molar-refractivity contribution in [1.29, 1.82) is 0 Å². The Morgan fingerprint density at radius 3 is 2.81 bits per heavy atom. The lowest BCUT2D eigenvalue weighted by molar-refractivity contribution is 0.557. The highest BCUT2D eigenvalue weighted by Crippen LogP contribution is 2.30. The van der Waals surface area contributed by atoms with Gasteiger partial charge in [-0.15, -0.1) is 11.3 Å². The summed E-state index contributed by atoms with van der Waals surface area (Å²) in [7, 11) is 0. The van der Waals surface area contributed by atoms with Crippen LogP contribution in [0.5, 0.6) is 0 Å². The Morgan fingerprint density at radius 1 is 1.29 bits per heavy atom. The molecule has 3 nitrogen and oxygen atoms in total. The third kappa shape index (κ3) is 2.89. The molecule has 3 aromatic rings. The van der Waals surface area contributed by atoms with E-state index in [4.69, 9.17) is 4.42 Å². The average Bonchev–Trinajstić information content (AvgIpc) is 2.86. The van der Waals surface area contributed by atoms with Crippen molar-refractivity contribution in [2.45, 2.75) is 30.9 Å². The molecule has 2 aromatic heterocycles. The van der Waals surface area contributed by atoms with Crippen LogP contribution in [0.2, 0.25) is 0 Å². The molecular formula is C16H15NO2S2. The predicted octanol–water partition coefficient (Wildman–Crippen LogP) is 4.47. The normalized spacial score (nSPS) is 11.2. The van der Waals surface area contributed by atoms with E-state index in [0.717, 1.165) is 37.9 Å². The van der Waals surface area contributed by atoms with Gasteiger partial charge in [0.15, 0.2) is 0 Å². The lowest BCUT2D eigenvalue weighted by atomic mass is 10.0. The minimum atomic E-state index is -0.290. The number of benzene rings is 1. The van der Waals surface area contributed by atoms with Gasteiger partial charge in [0, 0.05) is 28.3 Å². The lowest BCUT2D eigenvalue weighted by Gasteiger charge is -2.08. The molecule has 0 saturated heterocycles. The molecule has 0 spiro atoms. The quantitative estimate of drug-likeness (QED) is 0.528. The van der Waals surface area contributed by atoms with Crippen LogP contribution in [-0.4, -0.2) is 4.98 Å². The molecule has 0 aliphatic heterocycles. The van der Waals surface area contributed by atoms with E-state index < -0.39 is 0 Å². The molecule has 0 radical (unpaired) electrons. The molecule has 2 heterocycles. The maximum Gasteiger partial charge on any atom is 0.336 e. The number of thiazole rings is 1. The predicted molar refractivity (Wildman–Crippen MR) is 88.4 cm³/mol. The summed E-state index contributed by atoms with van der Waals surface area (Å²) >= 11 is 3.29. The largest absolute Gasteiger partial charge is 0.422 e. The standard InChI is InChI=1S/C16H15NO2S2/c1-9-4-5-13-12(6-14(18)19-15(13)11(9)3)8-21-16-17-10(2)7-20-16/h4-7H,8H2,1-3H3. The van der Waals surface area contributed by atoms with Gasteiger partial charge in [0.05, 0.1) is 0 Å². The molecule has 0 N–H and O–H groups in total. The first-order valence-electron chi connectivity index (χ1n) is 6.62. The van der Waals surface area contributed by atoms with Crippen LogP contribution in [0, 0.1) is 20.8 Å². The molecule has 0 atom stereocenters. The topological polar surface area (TPSA) is 43.1 Å². The van der Waals surface area contributed by atoms with Gasteiger partial charge in [-0.3, -0.25) is 0 Å². The fraction of sp³-hybridized carbons (Fsp3) is 0.250. The van der Waals surface area contributed by atoms with Crippen molar-refractivity contribution in [1.82, 2.24) is 4.98 Å². The maximum absolute atomic E-state index is 11.8. The van der Waals surface area contributed by atoms with E-state index >= 15 is 0 Å². The number of rotatable bonds is 3. The zero-order chi connectivity index (χ0) is 15.0. The van der Waals surface area contributed by atoms with Crippen LogP contribution in [0.25, 0.3) is 11.0 Å². The van der Waals surface area contributed by atoms with Gasteiger partial charge >= 0.3 is 5.63 Å². The van der Waals surface area contributed by atoms with E-state index in [9.17, 15) is 4.79 Å². The molecule has 0 amide bonds. The monoisotopic (exact) mass is 317 g/mol. The molecule has 0 unspecified atom stereocenters. The lowest BCUT2D eigenvalue weighted by Crippen LogP contribution is -2.01. The van der Waals surface area contributed by atoms with Crippen molar-refractivity contribution < 1.29 is 4.42 Å². The van der Waals surface area contributed by atoms with Crippen molar-refractivity contribution >= 4 is 34.1 Å². The van der Waals surface area contributed by atoms with E-state index in [1.54, 1.807) is 29.2 Å². The van der Waals surface area contributed by atoms with Crippen LogP contribution in [0.1, 0.15) is 22.4 Å². The first-order chi connectivity index (χ1) is 10.0. The zero-order valence-corrected chi connectivity index (χ0v) is 13.7. The SMILES string of the molecule is Cc1csc(SCc2cc(=O)oc3c(C)c(C)ccc23)n1. The Kier molecular flexibility index (Phi) is 3.87. The van der Waals surface area contributed by atoms with Crippen LogP contribution < -0.4 is 5.63 Å². The van der Waals surface area contributed by atoms with Crippen molar-refractivity contribution in [2.24, 2.45) is 0 Å². The Bertz CT molecular complexity index is 864. The Balaban J connectivity index is 2.01. The molecule has 108 valence electrons. The van der Waals surface area contributed by atoms with Crippen LogP contribution >= 0.6 is 23.1 Å².